The van der Waals surface area contributed by atoms with Gasteiger partial charge in [-0.1, -0.05) is 13.0 Å². The van der Waals surface area contributed by atoms with Gasteiger partial charge < -0.3 is 14.5 Å². The molecular formula is C16H15F3N4O4. The first-order valence-electron chi connectivity index (χ1n) is 7.93. The molecule has 0 spiro atoms. The average Bonchev–Trinajstić information content (AvgIpc) is 3.00. The van der Waals surface area contributed by atoms with E-state index in [4.69, 9.17) is 4.74 Å². The Morgan fingerprint density at radius 3 is 2.59 bits per heavy atom. The van der Waals surface area contributed by atoms with Gasteiger partial charge in [0.2, 0.25) is 0 Å². The number of halogens is 3. The molecule has 1 N–H and O–H groups in total. The lowest BCUT2D eigenvalue weighted by Gasteiger charge is -2.09. The van der Waals surface area contributed by atoms with Crippen LogP contribution in [0.5, 0.6) is 17.5 Å². The first kappa shape index (κ1) is 18.5. The van der Waals surface area contributed by atoms with E-state index in [2.05, 4.69) is 14.7 Å². The van der Waals surface area contributed by atoms with Crippen molar-refractivity contribution in [3.8, 4) is 17.5 Å². The molecule has 0 aliphatic heterocycles. The van der Waals surface area contributed by atoms with Gasteiger partial charge in [-0.05, 0) is 18.6 Å². The standard InChI is InChI=1S/C16H15F3N4O4/c1-3-7-23-13(24)11-12(22(2)15(23)25)21-14(20-11)26-9-5-4-6-10(8-9)27-16(17,18)19/h4-6,8H,3,7H2,1-2H3,(H,20,21). The third-order valence-electron chi connectivity index (χ3n) is 3.66. The van der Waals surface area contributed by atoms with Crippen LogP contribution >= 0.6 is 0 Å². The highest BCUT2D eigenvalue weighted by Crippen LogP contribution is 2.28. The molecule has 0 saturated heterocycles. The molecule has 1 aromatic carbocycles. The molecule has 2 heterocycles. The number of nitrogens with one attached hydrogen (secondary N) is 1. The summed E-state index contributed by atoms with van der Waals surface area (Å²) >= 11 is 0. The van der Waals surface area contributed by atoms with Gasteiger partial charge in [0.15, 0.2) is 11.2 Å². The van der Waals surface area contributed by atoms with Gasteiger partial charge in [-0.25, -0.2) is 4.79 Å². The maximum absolute atomic E-state index is 12.4. The average molecular weight is 384 g/mol. The van der Waals surface area contributed by atoms with Crippen LogP contribution in [0.15, 0.2) is 33.9 Å². The van der Waals surface area contributed by atoms with E-state index in [1.807, 2.05) is 6.92 Å². The van der Waals surface area contributed by atoms with E-state index < -0.39 is 23.4 Å². The smallest absolute Gasteiger partial charge is 0.425 e. The molecule has 0 aliphatic rings. The summed E-state index contributed by atoms with van der Waals surface area (Å²) in [6.07, 6.45) is -4.25. The van der Waals surface area contributed by atoms with Crippen LogP contribution in [0.3, 0.4) is 0 Å². The zero-order chi connectivity index (χ0) is 19.8. The first-order chi connectivity index (χ1) is 12.7. The van der Waals surface area contributed by atoms with Crippen molar-refractivity contribution in [2.75, 3.05) is 0 Å². The van der Waals surface area contributed by atoms with Crippen LogP contribution in [0.25, 0.3) is 11.2 Å². The van der Waals surface area contributed by atoms with Crippen LogP contribution in [0.4, 0.5) is 13.2 Å². The molecule has 0 amide bonds. The first-order valence-corrected chi connectivity index (χ1v) is 7.93. The van der Waals surface area contributed by atoms with Crippen molar-refractivity contribution in [1.29, 1.82) is 0 Å². The number of aryl methyl sites for hydroxylation is 1. The number of rotatable bonds is 5. The summed E-state index contributed by atoms with van der Waals surface area (Å²) < 4.78 is 48.4. The second-order valence-electron chi connectivity index (χ2n) is 5.66. The Balaban J connectivity index is 1.98. The molecular weight excluding hydrogens is 369 g/mol. The van der Waals surface area contributed by atoms with Crippen molar-refractivity contribution in [1.82, 2.24) is 19.1 Å². The van der Waals surface area contributed by atoms with Gasteiger partial charge in [0.05, 0.1) is 0 Å². The highest BCUT2D eigenvalue weighted by Gasteiger charge is 2.31. The minimum absolute atomic E-state index is 0.00897. The van der Waals surface area contributed by atoms with Gasteiger partial charge in [0, 0.05) is 19.7 Å². The predicted molar refractivity (Wildman–Crippen MR) is 89.1 cm³/mol. The Morgan fingerprint density at radius 1 is 1.22 bits per heavy atom. The lowest BCUT2D eigenvalue weighted by atomic mass is 10.3. The third-order valence-corrected chi connectivity index (χ3v) is 3.66. The predicted octanol–water partition coefficient (Wildman–Crippen LogP) is 2.52. The molecule has 11 heteroatoms. The van der Waals surface area contributed by atoms with Crippen LogP contribution < -0.4 is 20.7 Å². The van der Waals surface area contributed by atoms with Gasteiger partial charge in [0.25, 0.3) is 5.56 Å². The number of aromatic nitrogens is 4. The fourth-order valence-electron chi connectivity index (χ4n) is 2.54. The SMILES string of the molecule is CCCn1c(=O)c2[nH]c(Oc3cccc(OC(F)(F)F)c3)nc2n(C)c1=O. The summed E-state index contributed by atoms with van der Waals surface area (Å²) in [5, 5.41) is 0. The molecule has 3 aromatic rings. The molecule has 2 aromatic heterocycles. The van der Waals surface area contributed by atoms with Crippen molar-refractivity contribution in [2.24, 2.45) is 7.05 Å². The number of hydrogen-bond acceptors (Lipinski definition) is 5. The highest BCUT2D eigenvalue weighted by molar-refractivity contribution is 5.70. The van der Waals surface area contributed by atoms with E-state index in [1.165, 1.54) is 23.7 Å². The molecule has 0 fully saturated rings. The lowest BCUT2D eigenvalue weighted by Crippen LogP contribution is -2.39. The summed E-state index contributed by atoms with van der Waals surface area (Å²) in [6.45, 7) is 2.07. The molecule has 0 radical (unpaired) electrons. The summed E-state index contributed by atoms with van der Waals surface area (Å²) in [5.74, 6) is -0.455. The van der Waals surface area contributed by atoms with Crippen molar-refractivity contribution in [3.05, 3.63) is 45.1 Å². The highest BCUT2D eigenvalue weighted by atomic mass is 19.4. The van der Waals surface area contributed by atoms with Gasteiger partial charge in [-0.2, -0.15) is 4.98 Å². The molecule has 27 heavy (non-hydrogen) atoms. The second-order valence-corrected chi connectivity index (χ2v) is 5.66. The summed E-state index contributed by atoms with van der Waals surface area (Å²) in [4.78, 5) is 31.4. The minimum Gasteiger partial charge on any atom is -0.425 e. The van der Waals surface area contributed by atoms with Crippen LogP contribution in [0.2, 0.25) is 0 Å². The van der Waals surface area contributed by atoms with Gasteiger partial charge in [-0.15, -0.1) is 13.2 Å². The number of H-pyrrole nitrogens is 1. The Morgan fingerprint density at radius 2 is 1.93 bits per heavy atom. The van der Waals surface area contributed by atoms with Crippen molar-refractivity contribution in [3.63, 3.8) is 0 Å². The zero-order valence-electron chi connectivity index (χ0n) is 14.3. The number of fused-ring (bicyclic) bond motifs is 1. The number of nitrogens with zero attached hydrogens (tertiary/aromatic N) is 3. The lowest BCUT2D eigenvalue weighted by molar-refractivity contribution is -0.274. The Hall–Kier alpha value is -3.24. The van der Waals surface area contributed by atoms with Crippen molar-refractivity contribution < 1.29 is 22.6 Å². The largest absolute Gasteiger partial charge is 0.573 e. The van der Waals surface area contributed by atoms with Gasteiger partial charge in [-0.3, -0.25) is 13.9 Å². The molecule has 0 aliphatic carbocycles. The number of imidazole rings is 1. The van der Waals surface area contributed by atoms with Crippen molar-refractivity contribution >= 4 is 11.2 Å². The fourth-order valence-corrected chi connectivity index (χ4v) is 2.54. The summed E-state index contributed by atoms with van der Waals surface area (Å²) in [5.41, 5.74) is -0.933. The van der Waals surface area contributed by atoms with Crippen LogP contribution in [0, 0.1) is 0 Å². The van der Waals surface area contributed by atoms with Gasteiger partial charge in [0.1, 0.15) is 11.5 Å². The van der Waals surface area contributed by atoms with Crippen LogP contribution in [0.1, 0.15) is 13.3 Å². The molecule has 0 unspecified atom stereocenters. The monoisotopic (exact) mass is 384 g/mol. The summed E-state index contributed by atoms with van der Waals surface area (Å²) in [6, 6.07) is 4.70. The van der Waals surface area contributed by atoms with Gasteiger partial charge >= 0.3 is 18.1 Å². The van der Waals surface area contributed by atoms with E-state index >= 15 is 0 Å². The Labute approximate surface area is 149 Å². The maximum atomic E-state index is 12.4. The van der Waals surface area contributed by atoms with E-state index in [-0.39, 0.29) is 29.5 Å². The molecule has 0 saturated carbocycles. The number of alkyl halides is 3. The maximum Gasteiger partial charge on any atom is 0.573 e. The molecule has 8 nitrogen and oxygen atoms in total. The molecule has 0 bridgehead atoms. The van der Waals surface area contributed by atoms with E-state index in [0.717, 1.165) is 16.7 Å². The van der Waals surface area contributed by atoms with Crippen LogP contribution in [-0.4, -0.2) is 25.5 Å². The van der Waals surface area contributed by atoms with E-state index in [9.17, 15) is 22.8 Å². The quantitative estimate of drug-likeness (QED) is 0.730. The molecule has 144 valence electrons. The second kappa shape index (κ2) is 6.82. The Kier molecular flexibility index (Phi) is 4.68. The summed E-state index contributed by atoms with van der Waals surface area (Å²) in [7, 11) is 1.46. The fraction of sp³-hybridized carbons (Fsp3) is 0.312. The van der Waals surface area contributed by atoms with E-state index in [0.29, 0.717) is 6.42 Å². The topological polar surface area (TPSA) is 91.1 Å². The van der Waals surface area contributed by atoms with E-state index in [1.54, 1.807) is 0 Å². The Bertz CT molecular complexity index is 1100. The third kappa shape index (κ3) is 3.81. The number of benzene rings is 1. The molecule has 3 rings (SSSR count). The minimum atomic E-state index is -4.83. The zero-order valence-corrected chi connectivity index (χ0v) is 14.3. The molecule has 0 atom stereocenters. The number of hydrogen-bond donors (Lipinski definition) is 1. The van der Waals surface area contributed by atoms with Crippen LogP contribution in [-0.2, 0) is 13.6 Å². The van der Waals surface area contributed by atoms with Crippen molar-refractivity contribution in [2.45, 2.75) is 26.3 Å². The number of aromatic amines is 1. The number of ether oxygens (including phenoxy) is 2. The normalized spacial score (nSPS) is 11.7.